The SMILES string of the molecule is CCCCC[Si]1CCC(CCBr)CC1. The predicted octanol–water partition coefficient (Wildman–Crippen LogP) is 4.87. The van der Waals surface area contributed by atoms with E-state index < -0.39 is 0 Å². The van der Waals surface area contributed by atoms with E-state index in [0.29, 0.717) is 0 Å². The number of alkyl halides is 1. The zero-order valence-electron chi connectivity index (χ0n) is 9.53. The first kappa shape index (κ1) is 12.8. The third-order valence-corrected chi connectivity index (χ3v) is 6.97. The Balaban J connectivity index is 2.03. The van der Waals surface area contributed by atoms with Gasteiger partial charge in [-0.2, -0.15) is 0 Å². The van der Waals surface area contributed by atoms with E-state index in [9.17, 15) is 0 Å². The third kappa shape index (κ3) is 4.97. The molecule has 1 aliphatic rings. The summed E-state index contributed by atoms with van der Waals surface area (Å²) in [5, 5.41) is 1.22. The lowest BCUT2D eigenvalue weighted by Gasteiger charge is -2.26. The highest BCUT2D eigenvalue weighted by molar-refractivity contribution is 9.09. The molecule has 1 rings (SSSR count). The van der Waals surface area contributed by atoms with Crippen LogP contribution in [-0.2, 0) is 0 Å². The summed E-state index contributed by atoms with van der Waals surface area (Å²) < 4.78 is 0. The van der Waals surface area contributed by atoms with E-state index in [-0.39, 0.29) is 8.80 Å². The van der Waals surface area contributed by atoms with Crippen LogP contribution in [0.5, 0.6) is 0 Å². The number of hydrogen-bond acceptors (Lipinski definition) is 0. The Morgan fingerprint density at radius 3 is 2.50 bits per heavy atom. The Morgan fingerprint density at radius 2 is 1.93 bits per heavy atom. The van der Waals surface area contributed by atoms with E-state index in [4.69, 9.17) is 0 Å². The fraction of sp³-hybridized carbons (Fsp3) is 1.00. The van der Waals surface area contributed by atoms with E-state index in [1.807, 2.05) is 0 Å². The highest BCUT2D eigenvalue weighted by Crippen LogP contribution is 2.30. The van der Waals surface area contributed by atoms with Gasteiger partial charge in [-0.1, -0.05) is 73.1 Å². The molecule has 2 heteroatoms. The first-order valence-electron chi connectivity index (χ1n) is 6.26. The van der Waals surface area contributed by atoms with Crippen LogP contribution in [-0.4, -0.2) is 14.1 Å². The average Bonchev–Trinajstić information content (AvgIpc) is 2.21. The molecular weight excluding hydrogens is 252 g/mol. The largest absolute Gasteiger partial charge is 0.0928 e. The Bertz CT molecular complexity index is 130. The van der Waals surface area contributed by atoms with Gasteiger partial charge in [-0.15, -0.1) is 0 Å². The average molecular weight is 276 g/mol. The van der Waals surface area contributed by atoms with E-state index >= 15 is 0 Å². The van der Waals surface area contributed by atoms with Crippen molar-refractivity contribution in [3.63, 3.8) is 0 Å². The molecule has 0 spiro atoms. The summed E-state index contributed by atoms with van der Waals surface area (Å²) in [6.45, 7) is 2.31. The minimum Gasteiger partial charge on any atom is -0.0928 e. The van der Waals surface area contributed by atoms with Gasteiger partial charge < -0.3 is 0 Å². The van der Waals surface area contributed by atoms with Crippen LogP contribution in [0.25, 0.3) is 0 Å². The molecular formula is C12H24BrSi. The van der Waals surface area contributed by atoms with Gasteiger partial charge in [-0.3, -0.25) is 0 Å². The molecule has 1 radical (unpaired) electrons. The molecule has 0 aromatic heterocycles. The normalized spacial score (nSPS) is 20.1. The number of hydrogen-bond donors (Lipinski definition) is 0. The Labute approximate surface area is 99.6 Å². The van der Waals surface area contributed by atoms with Gasteiger partial charge in [0.25, 0.3) is 0 Å². The second kappa shape index (κ2) is 7.92. The maximum atomic E-state index is 3.56. The second-order valence-corrected chi connectivity index (χ2v) is 8.42. The van der Waals surface area contributed by atoms with Crippen molar-refractivity contribution in [1.82, 2.24) is 0 Å². The molecule has 0 amide bonds. The number of rotatable bonds is 6. The van der Waals surface area contributed by atoms with Crippen molar-refractivity contribution in [1.29, 1.82) is 0 Å². The van der Waals surface area contributed by atoms with Crippen LogP contribution >= 0.6 is 15.9 Å². The van der Waals surface area contributed by atoms with E-state index in [1.54, 1.807) is 31.0 Å². The standard InChI is InChI=1S/C12H24BrSi/c1-2-3-4-9-14-10-6-12(5-8-13)7-11-14/h12H,2-11H2,1H3. The third-order valence-electron chi connectivity index (χ3n) is 3.46. The van der Waals surface area contributed by atoms with Gasteiger partial charge in [0, 0.05) is 14.1 Å². The number of halogens is 1. The Hall–Kier alpha value is 0.697. The van der Waals surface area contributed by atoms with Gasteiger partial charge >= 0.3 is 0 Å². The van der Waals surface area contributed by atoms with Crippen molar-refractivity contribution in [2.24, 2.45) is 5.92 Å². The lowest BCUT2D eigenvalue weighted by atomic mass is 10.0. The topological polar surface area (TPSA) is 0 Å². The Morgan fingerprint density at radius 1 is 1.21 bits per heavy atom. The van der Waals surface area contributed by atoms with Crippen molar-refractivity contribution in [2.75, 3.05) is 5.33 Å². The smallest absolute Gasteiger partial charge is 0.0479 e. The van der Waals surface area contributed by atoms with Crippen molar-refractivity contribution in [3.8, 4) is 0 Å². The summed E-state index contributed by atoms with van der Waals surface area (Å²) in [6.07, 6.45) is 8.90. The van der Waals surface area contributed by atoms with Gasteiger partial charge in [0.1, 0.15) is 0 Å². The van der Waals surface area contributed by atoms with Crippen molar-refractivity contribution >= 4 is 24.7 Å². The fourth-order valence-electron chi connectivity index (χ4n) is 2.40. The van der Waals surface area contributed by atoms with Crippen LogP contribution in [0.2, 0.25) is 18.1 Å². The van der Waals surface area contributed by atoms with Gasteiger partial charge in [0.15, 0.2) is 0 Å². The molecule has 1 saturated heterocycles. The van der Waals surface area contributed by atoms with Crippen LogP contribution in [0, 0.1) is 5.92 Å². The van der Waals surface area contributed by atoms with Crippen LogP contribution in [0.1, 0.15) is 45.4 Å². The fourth-order valence-corrected chi connectivity index (χ4v) is 6.18. The quantitative estimate of drug-likeness (QED) is 0.369. The molecule has 0 nitrogen and oxygen atoms in total. The van der Waals surface area contributed by atoms with Gasteiger partial charge in [0.05, 0.1) is 0 Å². The summed E-state index contributed by atoms with van der Waals surface area (Å²) in [5.41, 5.74) is 0. The van der Waals surface area contributed by atoms with Crippen LogP contribution < -0.4 is 0 Å². The van der Waals surface area contributed by atoms with Crippen LogP contribution in [0.3, 0.4) is 0 Å². The zero-order chi connectivity index (χ0) is 10.2. The van der Waals surface area contributed by atoms with Gasteiger partial charge in [-0.05, 0) is 12.3 Å². The lowest BCUT2D eigenvalue weighted by molar-refractivity contribution is 0.460. The molecule has 14 heavy (non-hydrogen) atoms. The minimum atomic E-state index is 0.114. The first-order valence-corrected chi connectivity index (χ1v) is 9.50. The minimum absolute atomic E-state index is 0.114. The molecule has 0 unspecified atom stereocenters. The Kier molecular flexibility index (Phi) is 7.22. The van der Waals surface area contributed by atoms with E-state index in [1.165, 1.54) is 31.0 Å². The maximum absolute atomic E-state index is 3.56. The summed E-state index contributed by atoms with van der Waals surface area (Å²) in [5.74, 6) is 1.06. The lowest BCUT2D eigenvalue weighted by Crippen LogP contribution is -2.21. The highest BCUT2D eigenvalue weighted by Gasteiger charge is 2.21. The van der Waals surface area contributed by atoms with Gasteiger partial charge in [0.2, 0.25) is 0 Å². The summed E-state index contributed by atoms with van der Waals surface area (Å²) in [6, 6.07) is 4.84. The van der Waals surface area contributed by atoms with E-state index in [2.05, 4.69) is 22.9 Å². The summed E-state index contributed by atoms with van der Waals surface area (Å²) >= 11 is 3.56. The predicted molar refractivity (Wildman–Crippen MR) is 70.8 cm³/mol. The summed E-state index contributed by atoms with van der Waals surface area (Å²) in [4.78, 5) is 0. The van der Waals surface area contributed by atoms with Gasteiger partial charge in [-0.25, -0.2) is 0 Å². The highest BCUT2D eigenvalue weighted by atomic mass is 79.9. The molecule has 1 fully saturated rings. The maximum Gasteiger partial charge on any atom is 0.0479 e. The van der Waals surface area contributed by atoms with Crippen molar-refractivity contribution < 1.29 is 0 Å². The van der Waals surface area contributed by atoms with Crippen molar-refractivity contribution in [2.45, 2.75) is 63.6 Å². The zero-order valence-corrected chi connectivity index (χ0v) is 12.1. The van der Waals surface area contributed by atoms with Crippen molar-refractivity contribution in [3.05, 3.63) is 0 Å². The molecule has 0 N–H and O–H groups in total. The molecule has 1 heterocycles. The molecule has 1 aliphatic heterocycles. The number of unbranched alkanes of at least 4 members (excludes halogenated alkanes) is 2. The summed E-state index contributed by atoms with van der Waals surface area (Å²) in [7, 11) is 0.114. The molecule has 0 saturated carbocycles. The van der Waals surface area contributed by atoms with Crippen LogP contribution in [0.15, 0.2) is 0 Å². The second-order valence-electron chi connectivity index (χ2n) is 4.63. The molecule has 0 aliphatic carbocycles. The van der Waals surface area contributed by atoms with Crippen LogP contribution in [0.4, 0.5) is 0 Å². The molecule has 0 bridgehead atoms. The first-order chi connectivity index (χ1) is 6.86. The van der Waals surface area contributed by atoms with E-state index in [0.717, 1.165) is 5.92 Å². The molecule has 83 valence electrons. The molecule has 0 aromatic carbocycles. The molecule has 0 aromatic rings. The molecule has 0 atom stereocenters. The monoisotopic (exact) mass is 275 g/mol.